The van der Waals surface area contributed by atoms with Gasteiger partial charge >= 0.3 is 0 Å². The summed E-state index contributed by atoms with van der Waals surface area (Å²) in [4.78, 5) is 14.2. The van der Waals surface area contributed by atoms with Gasteiger partial charge in [0.25, 0.3) is 6.47 Å². The lowest BCUT2D eigenvalue weighted by molar-refractivity contribution is -0.129. The summed E-state index contributed by atoms with van der Waals surface area (Å²) in [5.41, 5.74) is 2.76. The number of benzene rings is 1. The lowest BCUT2D eigenvalue weighted by Crippen LogP contribution is -1.93. The monoisotopic (exact) mass is 247 g/mol. The number of aromatic nitrogens is 1. The van der Waals surface area contributed by atoms with Crippen molar-refractivity contribution in [3.05, 3.63) is 53.3 Å². The molecule has 0 bridgehead atoms. The molecule has 0 spiro atoms. The topological polar surface area (TPSA) is 39.2 Å². The van der Waals surface area contributed by atoms with Crippen LogP contribution in [0, 0.1) is 0 Å². The molecule has 0 unspecified atom stereocenters. The Balaban J connectivity index is 2.17. The van der Waals surface area contributed by atoms with E-state index in [1.54, 1.807) is 6.20 Å². The highest BCUT2D eigenvalue weighted by atomic mass is 35.5. The summed E-state index contributed by atoms with van der Waals surface area (Å²) in [7, 11) is 0. The molecule has 0 atom stereocenters. The molecule has 2 rings (SSSR count). The first-order chi connectivity index (χ1) is 8.29. The van der Waals surface area contributed by atoms with Gasteiger partial charge in [-0.2, -0.15) is 0 Å². The van der Waals surface area contributed by atoms with E-state index in [0.29, 0.717) is 11.5 Å². The second-order valence-electron chi connectivity index (χ2n) is 3.45. The summed E-state index contributed by atoms with van der Waals surface area (Å²) in [5, 5.41) is 0.706. The summed E-state index contributed by atoms with van der Waals surface area (Å²) >= 11 is 5.82. The average molecular weight is 248 g/mol. The van der Waals surface area contributed by atoms with Crippen LogP contribution in [0.3, 0.4) is 0 Å². The van der Waals surface area contributed by atoms with Crippen molar-refractivity contribution in [2.75, 3.05) is 0 Å². The lowest BCUT2D eigenvalue weighted by Gasteiger charge is -2.03. The van der Waals surface area contributed by atoms with E-state index >= 15 is 0 Å². The molecular formula is C13H10ClNO2. The fourth-order valence-electron chi connectivity index (χ4n) is 1.44. The van der Waals surface area contributed by atoms with Crippen molar-refractivity contribution in [1.82, 2.24) is 4.98 Å². The predicted molar refractivity (Wildman–Crippen MR) is 65.5 cm³/mol. The maximum absolute atomic E-state index is 10.0. The Bertz CT molecular complexity index is 494. The van der Waals surface area contributed by atoms with Gasteiger partial charge in [0.2, 0.25) is 0 Å². The number of ether oxygens (including phenoxy) is 1. The third-order valence-electron chi connectivity index (χ3n) is 2.30. The van der Waals surface area contributed by atoms with Crippen LogP contribution in [0.5, 0.6) is 0 Å². The van der Waals surface area contributed by atoms with Crippen LogP contribution in [-0.4, -0.2) is 11.5 Å². The smallest absolute Gasteiger partial charge is 0.293 e. The molecule has 86 valence electrons. The minimum Gasteiger partial charge on any atom is -0.461 e. The Kier molecular flexibility index (Phi) is 3.73. The normalized spacial score (nSPS) is 9.94. The summed E-state index contributed by atoms with van der Waals surface area (Å²) in [5.74, 6) is 0. The maximum Gasteiger partial charge on any atom is 0.293 e. The highest BCUT2D eigenvalue weighted by molar-refractivity contribution is 6.30. The van der Waals surface area contributed by atoms with Crippen molar-refractivity contribution >= 4 is 18.1 Å². The van der Waals surface area contributed by atoms with E-state index in [-0.39, 0.29) is 6.61 Å². The van der Waals surface area contributed by atoms with E-state index in [0.717, 1.165) is 16.8 Å². The first-order valence-electron chi connectivity index (χ1n) is 5.06. The van der Waals surface area contributed by atoms with E-state index in [1.165, 1.54) is 0 Å². The number of carbonyl (C=O) groups is 1. The third-order valence-corrected chi connectivity index (χ3v) is 2.55. The quantitative estimate of drug-likeness (QED) is 0.780. The van der Waals surface area contributed by atoms with Gasteiger partial charge < -0.3 is 4.74 Å². The standard InChI is InChI=1S/C13H10ClNO2/c14-12-4-1-10(2-5-12)11-3-6-13(15-7-11)8-17-9-16/h1-7,9H,8H2. The van der Waals surface area contributed by atoms with Crippen molar-refractivity contribution in [2.24, 2.45) is 0 Å². The first-order valence-corrected chi connectivity index (χ1v) is 5.43. The average Bonchev–Trinajstić information content (AvgIpc) is 2.38. The molecule has 0 aliphatic heterocycles. The zero-order chi connectivity index (χ0) is 12.1. The molecule has 4 heteroatoms. The van der Waals surface area contributed by atoms with Gasteiger partial charge in [-0.3, -0.25) is 9.78 Å². The molecule has 0 fully saturated rings. The minimum atomic E-state index is 0.199. The third kappa shape index (κ3) is 3.04. The molecule has 3 nitrogen and oxygen atoms in total. The van der Waals surface area contributed by atoms with Crippen LogP contribution in [0.1, 0.15) is 5.69 Å². The van der Waals surface area contributed by atoms with Gasteiger partial charge in [-0.25, -0.2) is 0 Å². The van der Waals surface area contributed by atoms with Crippen LogP contribution in [-0.2, 0) is 16.1 Å². The number of hydrogen-bond acceptors (Lipinski definition) is 3. The zero-order valence-electron chi connectivity index (χ0n) is 8.97. The van der Waals surface area contributed by atoms with Crippen LogP contribution in [0.2, 0.25) is 5.02 Å². The molecule has 1 aromatic carbocycles. The number of halogens is 1. The van der Waals surface area contributed by atoms with E-state index in [9.17, 15) is 4.79 Å². The number of nitrogens with zero attached hydrogens (tertiary/aromatic N) is 1. The highest BCUT2D eigenvalue weighted by Gasteiger charge is 1.99. The van der Waals surface area contributed by atoms with Gasteiger partial charge in [-0.05, 0) is 23.8 Å². The van der Waals surface area contributed by atoms with Gasteiger partial charge in [0.1, 0.15) is 6.61 Å². The van der Waals surface area contributed by atoms with Crippen LogP contribution >= 0.6 is 11.6 Å². The largest absolute Gasteiger partial charge is 0.461 e. The summed E-state index contributed by atoms with van der Waals surface area (Å²) < 4.78 is 4.62. The molecule has 0 aliphatic rings. The predicted octanol–water partition coefficient (Wildman–Crippen LogP) is 3.08. The van der Waals surface area contributed by atoms with Crippen molar-refractivity contribution in [3.8, 4) is 11.1 Å². The van der Waals surface area contributed by atoms with E-state index in [2.05, 4.69) is 9.72 Å². The van der Waals surface area contributed by atoms with Gasteiger partial charge in [0, 0.05) is 16.8 Å². The second-order valence-corrected chi connectivity index (χ2v) is 3.89. The minimum absolute atomic E-state index is 0.199. The molecule has 1 heterocycles. The van der Waals surface area contributed by atoms with Crippen LogP contribution in [0.4, 0.5) is 0 Å². The van der Waals surface area contributed by atoms with E-state index in [4.69, 9.17) is 11.6 Å². The molecular weight excluding hydrogens is 238 g/mol. The van der Waals surface area contributed by atoms with Crippen molar-refractivity contribution < 1.29 is 9.53 Å². The Hall–Kier alpha value is -1.87. The van der Waals surface area contributed by atoms with Crippen LogP contribution in [0.15, 0.2) is 42.6 Å². The Morgan fingerprint density at radius 2 is 1.82 bits per heavy atom. The molecule has 0 N–H and O–H groups in total. The molecule has 0 aliphatic carbocycles. The number of carbonyl (C=O) groups excluding carboxylic acids is 1. The lowest BCUT2D eigenvalue weighted by atomic mass is 10.1. The zero-order valence-corrected chi connectivity index (χ0v) is 9.72. The molecule has 17 heavy (non-hydrogen) atoms. The number of pyridine rings is 1. The Morgan fingerprint density at radius 1 is 1.12 bits per heavy atom. The van der Waals surface area contributed by atoms with Crippen LogP contribution in [0.25, 0.3) is 11.1 Å². The highest BCUT2D eigenvalue weighted by Crippen LogP contribution is 2.20. The molecule has 0 saturated carbocycles. The van der Waals surface area contributed by atoms with Crippen molar-refractivity contribution in [2.45, 2.75) is 6.61 Å². The second kappa shape index (κ2) is 5.46. The summed E-state index contributed by atoms with van der Waals surface area (Å²) in [6, 6.07) is 11.3. The molecule has 2 aromatic rings. The fourth-order valence-corrected chi connectivity index (χ4v) is 1.57. The molecule has 0 amide bonds. The molecule has 0 radical (unpaired) electrons. The molecule has 1 aromatic heterocycles. The van der Waals surface area contributed by atoms with Crippen molar-refractivity contribution in [3.63, 3.8) is 0 Å². The summed E-state index contributed by atoms with van der Waals surface area (Å²) in [6.45, 7) is 0.610. The SMILES string of the molecule is O=COCc1ccc(-c2ccc(Cl)cc2)cn1. The fraction of sp³-hybridized carbons (Fsp3) is 0.0769. The molecule has 0 saturated heterocycles. The van der Waals surface area contributed by atoms with Gasteiger partial charge in [0.05, 0.1) is 5.69 Å². The first kappa shape index (κ1) is 11.6. The van der Waals surface area contributed by atoms with Gasteiger partial charge in [-0.15, -0.1) is 0 Å². The Morgan fingerprint density at radius 3 is 2.41 bits per heavy atom. The number of rotatable bonds is 4. The maximum atomic E-state index is 10.0. The van der Waals surface area contributed by atoms with Gasteiger partial charge in [0.15, 0.2) is 0 Å². The summed E-state index contributed by atoms with van der Waals surface area (Å²) in [6.07, 6.45) is 1.74. The van der Waals surface area contributed by atoms with Crippen molar-refractivity contribution in [1.29, 1.82) is 0 Å². The number of hydrogen-bond donors (Lipinski definition) is 0. The van der Waals surface area contributed by atoms with E-state index in [1.807, 2.05) is 36.4 Å². The van der Waals surface area contributed by atoms with E-state index < -0.39 is 0 Å². The Labute approximate surface area is 104 Å². The van der Waals surface area contributed by atoms with Crippen LogP contribution < -0.4 is 0 Å². The van der Waals surface area contributed by atoms with Gasteiger partial charge in [-0.1, -0.05) is 29.8 Å².